The summed E-state index contributed by atoms with van der Waals surface area (Å²) in [6.07, 6.45) is 4.34. The molecule has 1 fully saturated rings. The molecule has 1 heterocycles. The lowest BCUT2D eigenvalue weighted by Gasteiger charge is -2.26. The van der Waals surface area contributed by atoms with Crippen molar-refractivity contribution in [2.75, 3.05) is 31.1 Å². The summed E-state index contributed by atoms with van der Waals surface area (Å²) in [4.78, 5) is 2.28. The predicted molar refractivity (Wildman–Crippen MR) is 79.1 cm³/mol. The predicted octanol–water partition coefficient (Wildman–Crippen LogP) is 2.13. The van der Waals surface area contributed by atoms with Crippen molar-refractivity contribution in [3.05, 3.63) is 35.9 Å². The molecule has 0 spiro atoms. The smallest absolute Gasteiger partial charge is 0.151 e. The van der Waals surface area contributed by atoms with E-state index in [9.17, 15) is 8.42 Å². The number of piperidine rings is 1. The maximum absolute atomic E-state index is 12.0. The molecule has 1 aromatic carbocycles. The van der Waals surface area contributed by atoms with Crippen LogP contribution in [0.2, 0.25) is 0 Å². The summed E-state index contributed by atoms with van der Waals surface area (Å²) in [7, 11) is -2.92. The van der Waals surface area contributed by atoms with Crippen LogP contribution in [-0.4, -0.2) is 44.5 Å². The van der Waals surface area contributed by atoms with Crippen molar-refractivity contribution in [1.82, 2.24) is 4.90 Å². The van der Waals surface area contributed by atoms with Gasteiger partial charge in [0.1, 0.15) is 0 Å². The van der Waals surface area contributed by atoms with Gasteiger partial charge in [-0.2, -0.15) is 0 Å². The Kier molecular flexibility index (Phi) is 5.40. The summed E-state index contributed by atoms with van der Waals surface area (Å²) in [5.41, 5.74) is 1.10. The van der Waals surface area contributed by atoms with Crippen LogP contribution in [0.3, 0.4) is 0 Å². The fraction of sp³-hybridized carbons (Fsp3) is 0.600. The molecule has 0 atom stereocenters. The van der Waals surface area contributed by atoms with Crippen LogP contribution in [0.5, 0.6) is 0 Å². The maximum atomic E-state index is 12.0. The van der Waals surface area contributed by atoms with E-state index >= 15 is 0 Å². The SMILES string of the molecule is O=S(=O)(CCc1ccccc1)CCN1CCCCC1. The zero-order chi connectivity index (χ0) is 13.6. The van der Waals surface area contributed by atoms with Gasteiger partial charge in [0.15, 0.2) is 9.84 Å². The normalized spacial score (nSPS) is 17.5. The fourth-order valence-corrected chi connectivity index (χ4v) is 3.76. The molecule has 19 heavy (non-hydrogen) atoms. The molecule has 4 heteroatoms. The molecule has 1 aliphatic rings. The Balaban J connectivity index is 1.75. The van der Waals surface area contributed by atoms with Crippen LogP contribution in [-0.2, 0) is 16.3 Å². The van der Waals surface area contributed by atoms with Crippen LogP contribution in [0.4, 0.5) is 0 Å². The number of hydrogen-bond donors (Lipinski definition) is 0. The molecule has 1 aliphatic heterocycles. The van der Waals surface area contributed by atoms with Crippen LogP contribution in [0.25, 0.3) is 0 Å². The molecule has 0 aromatic heterocycles. The van der Waals surface area contributed by atoms with Gasteiger partial charge >= 0.3 is 0 Å². The molecular weight excluding hydrogens is 258 g/mol. The molecular formula is C15H23NO2S. The summed E-state index contributed by atoms with van der Waals surface area (Å²) in [5.74, 6) is 0.574. The van der Waals surface area contributed by atoms with E-state index in [0.717, 1.165) is 18.7 Å². The van der Waals surface area contributed by atoms with Gasteiger partial charge in [-0.25, -0.2) is 8.42 Å². The second kappa shape index (κ2) is 7.06. The Hall–Kier alpha value is -0.870. The van der Waals surface area contributed by atoms with Gasteiger partial charge in [0.2, 0.25) is 0 Å². The summed E-state index contributed by atoms with van der Waals surface area (Å²) in [6.45, 7) is 2.83. The topological polar surface area (TPSA) is 37.4 Å². The minimum atomic E-state index is -2.92. The summed E-state index contributed by atoms with van der Waals surface area (Å²) in [5, 5.41) is 0. The number of aryl methyl sites for hydroxylation is 1. The molecule has 2 rings (SSSR count). The van der Waals surface area contributed by atoms with E-state index in [2.05, 4.69) is 4.90 Å². The lowest BCUT2D eigenvalue weighted by Crippen LogP contribution is -2.34. The molecule has 1 aromatic rings. The second-order valence-corrected chi connectivity index (χ2v) is 7.59. The van der Waals surface area contributed by atoms with Crippen molar-refractivity contribution in [2.24, 2.45) is 0 Å². The van der Waals surface area contributed by atoms with Crippen molar-refractivity contribution in [3.8, 4) is 0 Å². The van der Waals surface area contributed by atoms with E-state index in [-0.39, 0.29) is 5.75 Å². The molecule has 0 radical (unpaired) electrons. The lowest BCUT2D eigenvalue weighted by molar-refractivity contribution is 0.241. The van der Waals surface area contributed by atoms with Gasteiger partial charge in [-0.1, -0.05) is 36.8 Å². The standard InChI is InChI=1S/C15H23NO2S/c17-19(18,13-9-15-7-3-1-4-8-15)14-12-16-10-5-2-6-11-16/h1,3-4,7-8H,2,5-6,9-14H2. The highest BCUT2D eigenvalue weighted by molar-refractivity contribution is 7.91. The van der Waals surface area contributed by atoms with E-state index in [1.165, 1.54) is 19.3 Å². The Labute approximate surface area is 116 Å². The van der Waals surface area contributed by atoms with Gasteiger partial charge in [0, 0.05) is 6.54 Å². The first kappa shape index (κ1) is 14.5. The quantitative estimate of drug-likeness (QED) is 0.801. The third kappa shape index (κ3) is 5.33. The highest BCUT2D eigenvalue weighted by atomic mass is 32.2. The Morgan fingerprint density at radius 3 is 2.32 bits per heavy atom. The Bertz CT molecular complexity index is 464. The first-order valence-electron chi connectivity index (χ1n) is 7.12. The molecule has 106 valence electrons. The van der Waals surface area contributed by atoms with Gasteiger partial charge in [-0.3, -0.25) is 0 Å². The fourth-order valence-electron chi connectivity index (χ4n) is 2.47. The van der Waals surface area contributed by atoms with Crippen molar-refractivity contribution in [3.63, 3.8) is 0 Å². The second-order valence-electron chi connectivity index (χ2n) is 5.29. The summed E-state index contributed by atoms with van der Waals surface area (Å²) >= 11 is 0. The molecule has 0 bridgehead atoms. The van der Waals surface area contributed by atoms with Crippen LogP contribution in [0, 0.1) is 0 Å². The number of benzene rings is 1. The third-order valence-corrected chi connectivity index (χ3v) is 5.34. The summed E-state index contributed by atoms with van der Waals surface area (Å²) < 4.78 is 24.0. The summed E-state index contributed by atoms with van der Waals surface area (Å²) in [6, 6.07) is 9.83. The minimum Gasteiger partial charge on any atom is -0.302 e. The zero-order valence-corrected chi connectivity index (χ0v) is 12.2. The Morgan fingerprint density at radius 1 is 0.947 bits per heavy atom. The van der Waals surface area contributed by atoms with Crippen molar-refractivity contribution < 1.29 is 8.42 Å². The van der Waals surface area contributed by atoms with Crippen LogP contribution in [0.15, 0.2) is 30.3 Å². The highest BCUT2D eigenvalue weighted by Crippen LogP contribution is 2.09. The van der Waals surface area contributed by atoms with Crippen LogP contribution in [0.1, 0.15) is 24.8 Å². The third-order valence-electron chi connectivity index (χ3n) is 3.71. The first-order chi connectivity index (χ1) is 9.16. The molecule has 0 aliphatic carbocycles. The monoisotopic (exact) mass is 281 g/mol. The van der Waals surface area contributed by atoms with Gasteiger partial charge in [0.05, 0.1) is 11.5 Å². The van der Waals surface area contributed by atoms with Gasteiger partial charge in [-0.15, -0.1) is 0 Å². The van der Waals surface area contributed by atoms with E-state index in [0.29, 0.717) is 18.7 Å². The van der Waals surface area contributed by atoms with Gasteiger partial charge in [0.25, 0.3) is 0 Å². The molecule has 0 amide bonds. The molecule has 0 saturated carbocycles. The number of likely N-dealkylation sites (tertiary alicyclic amines) is 1. The average Bonchev–Trinajstić information content (AvgIpc) is 2.46. The lowest BCUT2D eigenvalue weighted by atomic mass is 10.1. The highest BCUT2D eigenvalue weighted by Gasteiger charge is 2.15. The maximum Gasteiger partial charge on any atom is 0.151 e. The number of sulfone groups is 1. The molecule has 0 unspecified atom stereocenters. The van der Waals surface area contributed by atoms with E-state index in [4.69, 9.17) is 0 Å². The zero-order valence-electron chi connectivity index (χ0n) is 11.4. The number of nitrogens with zero attached hydrogens (tertiary/aromatic N) is 1. The number of hydrogen-bond acceptors (Lipinski definition) is 3. The molecule has 0 N–H and O–H groups in total. The van der Waals surface area contributed by atoms with E-state index < -0.39 is 9.84 Å². The van der Waals surface area contributed by atoms with Gasteiger partial charge in [-0.05, 0) is 37.9 Å². The average molecular weight is 281 g/mol. The Morgan fingerprint density at radius 2 is 1.63 bits per heavy atom. The van der Waals surface area contributed by atoms with E-state index in [1.807, 2.05) is 30.3 Å². The van der Waals surface area contributed by atoms with Crippen molar-refractivity contribution >= 4 is 9.84 Å². The molecule has 1 saturated heterocycles. The number of rotatable bonds is 6. The minimum absolute atomic E-state index is 0.269. The van der Waals surface area contributed by atoms with Crippen LogP contribution < -0.4 is 0 Å². The van der Waals surface area contributed by atoms with E-state index in [1.54, 1.807) is 0 Å². The first-order valence-corrected chi connectivity index (χ1v) is 8.94. The van der Waals surface area contributed by atoms with Crippen molar-refractivity contribution in [1.29, 1.82) is 0 Å². The van der Waals surface area contributed by atoms with Gasteiger partial charge < -0.3 is 4.90 Å². The largest absolute Gasteiger partial charge is 0.302 e. The molecule has 3 nitrogen and oxygen atoms in total. The van der Waals surface area contributed by atoms with Crippen LogP contribution >= 0.6 is 0 Å². The van der Waals surface area contributed by atoms with Crippen molar-refractivity contribution in [2.45, 2.75) is 25.7 Å².